The van der Waals surface area contributed by atoms with Gasteiger partial charge in [-0.15, -0.1) is 0 Å². The van der Waals surface area contributed by atoms with Crippen molar-refractivity contribution in [1.29, 1.82) is 10.5 Å². The van der Waals surface area contributed by atoms with E-state index in [0.717, 1.165) is 46.5 Å². The van der Waals surface area contributed by atoms with Crippen LogP contribution in [0.25, 0.3) is 4.85 Å². The van der Waals surface area contributed by atoms with Gasteiger partial charge in [0.1, 0.15) is 17.4 Å². The SMILES string of the molecule is [C-]#[N+]c1ccc2c(c1)Oc1cc(C(C)(C)C)ccc1N2c1c(C#N)c(N2c3ccc(C#N)cc3Oc3cc(C(C)(C)C)ccc32)c2c(c1P(=O)(c1ccccc1)c1ccccc1)C1CCC2N1c1ccccc1. The van der Waals surface area contributed by atoms with Gasteiger partial charge in [0, 0.05) is 27.9 Å². The van der Waals surface area contributed by atoms with E-state index in [4.69, 9.17) is 16.0 Å². The number of nitriles is 2. The minimum atomic E-state index is -4.00. The third-order valence-corrected chi connectivity index (χ3v) is 18.1. The van der Waals surface area contributed by atoms with Crippen LogP contribution in [0.5, 0.6) is 23.0 Å². The van der Waals surface area contributed by atoms with Gasteiger partial charge in [0.25, 0.3) is 0 Å². The minimum Gasteiger partial charge on any atom is -0.454 e. The first-order chi connectivity index (χ1) is 35.2. The van der Waals surface area contributed by atoms with E-state index >= 15 is 4.57 Å². The summed E-state index contributed by atoms with van der Waals surface area (Å²) >= 11 is 0. The van der Waals surface area contributed by atoms with E-state index in [1.165, 1.54) is 0 Å². The molecule has 4 aliphatic heterocycles. The van der Waals surface area contributed by atoms with Gasteiger partial charge in [-0.25, -0.2) is 4.85 Å². The van der Waals surface area contributed by atoms with Gasteiger partial charge in [0.05, 0.1) is 69.7 Å². The molecule has 0 saturated carbocycles. The average molecular weight is 971 g/mol. The maximum atomic E-state index is 17.9. The number of hydrogen-bond acceptors (Lipinski definition) is 8. The second-order valence-electron chi connectivity index (χ2n) is 21.3. The highest BCUT2D eigenvalue weighted by Crippen LogP contribution is 2.67. The van der Waals surface area contributed by atoms with Gasteiger partial charge in [0.2, 0.25) is 0 Å². The molecular weight excluding hydrogens is 920 g/mol. The zero-order chi connectivity index (χ0) is 50.6. The van der Waals surface area contributed by atoms with Crippen LogP contribution in [0, 0.1) is 29.2 Å². The summed E-state index contributed by atoms with van der Waals surface area (Å²) < 4.78 is 31.7. The molecule has 73 heavy (non-hydrogen) atoms. The molecule has 0 N–H and O–H groups in total. The van der Waals surface area contributed by atoms with Crippen LogP contribution in [0.15, 0.2) is 164 Å². The summed E-state index contributed by atoms with van der Waals surface area (Å²) in [4.78, 5) is 10.6. The smallest absolute Gasteiger partial charge is 0.191 e. The van der Waals surface area contributed by atoms with E-state index in [2.05, 4.69) is 134 Å². The molecule has 0 aliphatic carbocycles. The van der Waals surface area contributed by atoms with E-state index in [1.807, 2.05) is 78.9 Å². The molecule has 12 rings (SSSR count). The Morgan fingerprint density at radius 1 is 0.562 bits per heavy atom. The molecule has 4 aliphatic rings. The maximum absolute atomic E-state index is 17.9. The monoisotopic (exact) mass is 970 g/mol. The van der Waals surface area contributed by atoms with Gasteiger partial charge in [-0.05, 0) is 101 Å². The van der Waals surface area contributed by atoms with E-state index in [-0.39, 0.29) is 22.9 Å². The summed E-state index contributed by atoms with van der Waals surface area (Å²) in [5, 5.41) is 24.7. The summed E-state index contributed by atoms with van der Waals surface area (Å²) in [5.41, 5.74) is 9.37. The fourth-order valence-corrected chi connectivity index (χ4v) is 14.6. The van der Waals surface area contributed by atoms with Crippen molar-refractivity contribution in [2.45, 2.75) is 77.3 Å². The fraction of sp³-hybridized carbons (Fsp3) is 0.190. The molecule has 2 bridgehead atoms. The Morgan fingerprint density at radius 2 is 1.03 bits per heavy atom. The highest BCUT2D eigenvalue weighted by atomic mass is 31.2. The molecule has 4 heterocycles. The maximum Gasteiger partial charge on any atom is 0.191 e. The first-order valence-corrected chi connectivity index (χ1v) is 26.4. The molecule has 9 nitrogen and oxygen atoms in total. The zero-order valence-corrected chi connectivity index (χ0v) is 42.4. The van der Waals surface area contributed by atoms with Crippen LogP contribution in [0.4, 0.5) is 45.5 Å². The minimum absolute atomic E-state index is 0.228. The molecule has 0 amide bonds. The Balaban J connectivity index is 1.31. The first-order valence-electron chi connectivity index (χ1n) is 24.7. The van der Waals surface area contributed by atoms with Crippen LogP contribution in [0.2, 0.25) is 0 Å². The molecule has 2 unspecified atom stereocenters. The Labute approximate surface area is 426 Å². The summed E-state index contributed by atoms with van der Waals surface area (Å²) in [6.07, 6.45) is 1.55. The Hall–Kier alpha value is -8.54. The largest absolute Gasteiger partial charge is 0.454 e. The van der Waals surface area contributed by atoms with Crippen molar-refractivity contribution < 1.29 is 14.0 Å². The van der Waals surface area contributed by atoms with Crippen molar-refractivity contribution >= 4 is 68.6 Å². The summed E-state index contributed by atoms with van der Waals surface area (Å²) in [5.74, 6) is 2.04. The zero-order valence-electron chi connectivity index (χ0n) is 41.5. The number of para-hydroxylation sites is 1. The third kappa shape index (κ3) is 7.04. The first kappa shape index (κ1) is 45.6. The van der Waals surface area contributed by atoms with Gasteiger partial charge < -0.3 is 28.7 Å². The predicted molar refractivity (Wildman–Crippen MR) is 292 cm³/mol. The molecule has 10 heteroatoms. The van der Waals surface area contributed by atoms with Crippen LogP contribution in [0.3, 0.4) is 0 Å². The molecule has 0 aromatic heterocycles. The summed E-state index contributed by atoms with van der Waals surface area (Å²) in [6.45, 7) is 21.1. The van der Waals surface area contributed by atoms with Crippen LogP contribution in [-0.2, 0) is 15.4 Å². The summed E-state index contributed by atoms with van der Waals surface area (Å²) in [6, 6.07) is 58.0. The average Bonchev–Trinajstić information content (AvgIpc) is 3.98. The lowest BCUT2D eigenvalue weighted by Gasteiger charge is -2.41. The van der Waals surface area contributed by atoms with Gasteiger partial charge in [0.15, 0.2) is 30.1 Å². The van der Waals surface area contributed by atoms with Crippen LogP contribution < -0.4 is 40.1 Å². The van der Waals surface area contributed by atoms with Crippen LogP contribution in [0.1, 0.15) is 99.8 Å². The summed E-state index contributed by atoms with van der Waals surface area (Å²) in [7, 11) is -4.00. The number of hydrogen-bond donors (Lipinski definition) is 0. The topological polar surface area (TPSA) is 97.2 Å². The molecule has 1 saturated heterocycles. The van der Waals surface area contributed by atoms with Gasteiger partial charge in [-0.2, -0.15) is 10.5 Å². The Kier molecular flexibility index (Phi) is 10.5. The van der Waals surface area contributed by atoms with E-state index in [0.29, 0.717) is 84.2 Å². The number of rotatable bonds is 6. The molecular formula is C63H51N6O3P. The standard InChI is InChI=1S/C63H51N6O3P/c1-62(2,3)40-24-28-48-54(34-40)71-53-33-39(37-64)23-27-47(53)68(48)59-46(38-65)60(69-49-29-25-41(63(4,5)6)35-55(49)72-56-36-42(66-7)26-30-50(56)69)61(73(70,44-19-13-9-14-20-44)45-21-15-10-16-22-45)58-52-32-31-51(57(58)59)67(52)43-17-11-8-12-18-43/h8-30,33-36,51-52H,31-32H2,1-6H3. The lowest BCUT2D eigenvalue weighted by atomic mass is 9.85. The number of anilines is 7. The van der Waals surface area contributed by atoms with Crippen molar-refractivity contribution in [3.05, 3.63) is 209 Å². The fourth-order valence-electron chi connectivity index (χ4n) is 11.5. The van der Waals surface area contributed by atoms with Crippen LogP contribution >= 0.6 is 7.14 Å². The van der Waals surface area contributed by atoms with E-state index in [9.17, 15) is 10.5 Å². The molecule has 356 valence electrons. The van der Waals surface area contributed by atoms with E-state index < -0.39 is 7.14 Å². The Bertz CT molecular complexity index is 3720. The van der Waals surface area contributed by atoms with E-state index in [1.54, 1.807) is 24.3 Å². The molecule has 0 radical (unpaired) electrons. The highest BCUT2D eigenvalue weighted by molar-refractivity contribution is 7.85. The molecule has 8 aromatic carbocycles. The van der Waals surface area contributed by atoms with Gasteiger partial charge in [-0.3, -0.25) is 0 Å². The third-order valence-electron chi connectivity index (χ3n) is 14.9. The van der Waals surface area contributed by atoms with Crippen molar-refractivity contribution in [2.24, 2.45) is 0 Å². The number of benzene rings is 8. The van der Waals surface area contributed by atoms with Gasteiger partial charge >= 0.3 is 0 Å². The van der Waals surface area contributed by atoms with Crippen molar-refractivity contribution in [3.63, 3.8) is 0 Å². The molecule has 0 spiro atoms. The van der Waals surface area contributed by atoms with Crippen molar-refractivity contribution in [1.82, 2.24) is 0 Å². The molecule has 2 atom stereocenters. The predicted octanol–water partition coefficient (Wildman–Crippen LogP) is 15.8. The second kappa shape index (κ2) is 16.8. The normalized spacial score (nSPS) is 16.1. The quantitative estimate of drug-likeness (QED) is 0.120. The highest BCUT2D eigenvalue weighted by Gasteiger charge is 2.54. The van der Waals surface area contributed by atoms with Gasteiger partial charge in [-0.1, -0.05) is 139 Å². The number of nitrogens with zero attached hydrogens (tertiary/aromatic N) is 6. The van der Waals surface area contributed by atoms with Crippen molar-refractivity contribution in [2.75, 3.05) is 14.7 Å². The molecule has 1 fully saturated rings. The van der Waals surface area contributed by atoms with Crippen molar-refractivity contribution in [3.8, 4) is 35.1 Å². The Morgan fingerprint density at radius 3 is 1.53 bits per heavy atom. The number of fused-ring (bicyclic) bond motifs is 9. The van der Waals surface area contributed by atoms with Crippen LogP contribution in [-0.4, -0.2) is 0 Å². The number of ether oxygens (including phenoxy) is 2. The molecule has 8 aromatic rings. The second-order valence-corrected chi connectivity index (χ2v) is 24.0. The lowest BCUT2D eigenvalue weighted by molar-refractivity contribution is 0.472. The lowest BCUT2D eigenvalue weighted by Crippen LogP contribution is -2.35.